The Hall–Kier alpha value is -2.94. The van der Waals surface area contributed by atoms with Crippen LogP contribution in [0.2, 0.25) is 0 Å². The Labute approximate surface area is 211 Å². The van der Waals surface area contributed by atoms with E-state index >= 15 is 0 Å². The quantitative estimate of drug-likeness (QED) is 0.104. The molecule has 9 nitrogen and oxygen atoms in total. The Morgan fingerprint density at radius 1 is 0.943 bits per heavy atom. The first-order valence-electron chi connectivity index (χ1n) is 12.9. The molecule has 0 fully saturated rings. The minimum atomic E-state index is -0.556. The summed E-state index contributed by atoms with van der Waals surface area (Å²) in [6.07, 6.45) is 7.96. The molecule has 0 spiro atoms. The first-order valence-corrected chi connectivity index (χ1v) is 12.9. The summed E-state index contributed by atoms with van der Waals surface area (Å²) >= 11 is 0. The van der Waals surface area contributed by atoms with Gasteiger partial charge in [0, 0.05) is 12.1 Å². The molecule has 1 aromatic carbocycles. The van der Waals surface area contributed by atoms with Crippen LogP contribution in [-0.2, 0) is 16.0 Å². The molecule has 0 saturated heterocycles. The highest BCUT2D eigenvalue weighted by atomic mass is 16.2. The Morgan fingerprint density at radius 3 is 2.20 bits per heavy atom. The van der Waals surface area contributed by atoms with Gasteiger partial charge in [-0.1, -0.05) is 70.7 Å². The highest BCUT2D eigenvalue weighted by molar-refractivity contribution is 5.98. The number of amidine groups is 2. The van der Waals surface area contributed by atoms with Crippen molar-refractivity contribution in [2.75, 3.05) is 13.1 Å². The van der Waals surface area contributed by atoms with Crippen molar-refractivity contribution in [3.63, 3.8) is 0 Å². The van der Waals surface area contributed by atoms with Crippen molar-refractivity contribution in [2.45, 2.75) is 91.5 Å². The molecule has 0 bridgehead atoms. The first kappa shape index (κ1) is 32.1. The first-order chi connectivity index (χ1) is 16.9. The standard InChI is InChI=1S/C24H41N7O2.C2H6/c1-3-4-5-6-9-16-28-24(33)21(10-7-8-15-25)29-22(32)17-19-11-13-20(14-12-19)23(27)31-30-18(2)26;1-2/h11-14,21H,3-10,15-17,25H2,1-2H3,(H2,26,30)(H2,27,31)(H,28,33)(H,29,32);1-2H3. The fourth-order valence-corrected chi connectivity index (χ4v) is 3.24. The van der Waals surface area contributed by atoms with Gasteiger partial charge in [0.1, 0.15) is 11.9 Å². The van der Waals surface area contributed by atoms with Crippen molar-refractivity contribution in [3.05, 3.63) is 35.4 Å². The summed E-state index contributed by atoms with van der Waals surface area (Å²) in [4.78, 5) is 25.2. The van der Waals surface area contributed by atoms with Gasteiger partial charge in [0.05, 0.1) is 6.42 Å². The van der Waals surface area contributed by atoms with Crippen LogP contribution in [0.25, 0.3) is 0 Å². The molecule has 1 rings (SSSR count). The molecule has 0 heterocycles. The number of nitrogens with one attached hydrogen (secondary N) is 2. The second kappa shape index (κ2) is 20.4. The van der Waals surface area contributed by atoms with Gasteiger partial charge in [-0.3, -0.25) is 9.59 Å². The molecule has 0 aliphatic carbocycles. The lowest BCUT2D eigenvalue weighted by Crippen LogP contribution is -2.47. The Bertz CT molecular complexity index is 772. The van der Waals surface area contributed by atoms with Crippen LogP contribution in [-0.4, -0.2) is 42.6 Å². The van der Waals surface area contributed by atoms with E-state index in [2.05, 4.69) is 27.8 Å². The lowest BCUT2D eigenvalue weighted by atomic mass is 10.1. The molecule has 9 heteroatoms. The molecule has 1 aromatic rings. The predicted octanol–water partition coefficient (Wildman–Crippen LogP) is 2.95. The number of rotatable bonds is 16. The maximum atomic E-state index is 12.6. The topological polar surface area (TPSA) is 161 Å². The molecular formula is C26H47N7O2. The number of carbonyl (C=O) groups is 2. The normalized spacial score (nSPS) is 12.4. The van der Waals surface area contributed by atoms with Gasteiger partial charge in [0.2, 0.25) is 11.8 Å². The van der Waals surface area contributed by atoms with Gasteiger partial charge >= 0.3 is 0 Å². The molecule has 35 heavy (non-hydrogen) atoms. The molecule has 0 radical (unpaired) electrons. The van der Waals surface area contributed by atoms with E-state index in [1.54, 1.807) is 31.2 Å². The molecule has 198 valence electrons. The summed E-state index contributed by atoms with van der Waals surface area (Å²) < 4.78 is 0. The summed E-state index contributed by atoms with van der Waals surface area (Å²) in [5.41, 5.74) is 18.4. The van der Waals surface area contributed by atoms with Gasteiger partial charge in [-0.25, -0.2) is 0 Å². The highest BCUT2D eigenvalue weighted by Crippen LogP contribution is 2.07. The van der Waals surface area contributed by atoms with E-state index in [-0.39, 0.29) is 24.1 Å². The number of benzene rings is 1. The largest absolute Gasteiger partial charge is 0.386 e. The van der Waals surface area contributed by atoms with Gasteiger partial charge in [0.15, 0.2) is 5.84 Å². The maximum Gasteiger partial charge on any atom is 0.242 e. The van der Waals surface area contributed by atoms with Crippen LogP contribution < -0.4 is 27.8 Å². The van der Waals surface area contributed by atoms with Crippen LogP contribution in [0.15, 0.2) is 34.5 Å². The van der Waals surface area contributed by atoms with Crippen molar-refractivity contribution in [2.24, 2.45) is 27.4 Å². The predicted molar refractivity (Wildman–Crippen MR) is 146 cm³/mol. The van der Waals surface area contributed by atoms with Crippen LogP contribution >= 0.6 is 0 Å². The number of carbonyl (C=O) groups excluding carboxylic acids is 2. The number of unbranched alkanes of at least 4 members (excludes halogenated alkanes) is 5. The fraction of sp³-hybridized carbons (Fsp3) is 0.615. The SMILES string of the molecule is CC.CCCCCCCNC(=O)C(CCCCN)NC(=O)Cc1ccc(/C(N)=N/N=C(/C)N)cc1. The van der Waals surface area contributed by atoms with E-state index in [1.807, 2.05) is 13.8 Å². The van der Waals surface area contributed by atoms with Gasteiger partial charge < -0.3 is 27.8 Å². The lowest BCUT2D eigenvalue weighted by Gasteiger charge is -2.18. The average molecular weight is 490 g/mol. The third kappa shape index (κ3) is 15.6. The zero-order valence-electron chi connectivity index (χ0n) is 22.1. The van der Waals surface area contributed by atoms with Crippen molar-refractivity contribution in [3.8, 4) is 0 Å². The zero-order valence-corrected chi connectivity index (χ0v) is 22.1. The van der Waals surface area contributed by atoms with E-state index < -0.39 is 6.04 Å². The minimum Gasteiger partial charge on any atom is -0.386 e. The van der Waals surface area contributed by atoms with Gasteiger partial charge in [-0.15, -0.1) is 10.2 Å². The second-order valence-corrected chi connectivity index (χ2v) is 8.21. The van der Waals surface area contributed by atoms with E-state index in [0.717, 1.165) is 31.2 Å². The van der Waals surface area contributed by atoms with Crippen molar-refractivity contribution >= 4 is 23.5 Å². The Kier molecular flexibility index (Phi) is 18.7. The smallest absolute Gasteiger partial charge is 0.242 e. The fourth-order valence-electron chi connectivity index (χ4n) is 3.24. The van der Waals surface area contributed by atoms with E-state index in [1.165, 1.54) is 19.3 Å². The summed E-state index contributed by atoms with van der Waals surface area (Å²) in [6.45, 7) is 8.99. The van der Waals surface area contributed by atoms with Crippen LogP contribution in [0.5, 0.6) is 0 Å². The van der Waals surface area contributed by atoms with E-state index in [4.69, 9.17) is 17.2 Å². The number of hydrogen-bond acceptors (Lipinski definition) is 5. The second-order valence-electron chi connectivity index (χ2n) is 8.21. The van der Waals surface area contributed by atoms with Gasteiger partial charge in [-0.2, -0.15) is 0 Å². The third-order valence-corrected chi connectivity index (χ3v) is 5.11. The molecule has 8 N–H and O–H groups in total. The van der Waals surface area contributed by atoms with Crippen molar-refractivity contribution in [1.29, 1.82) is 0 Å². The number of amides is 2. The molecule has 0 saturated carbocycles. The molecule has 0 aliphatic rings. The van der Waals surface area contributed by atoms with Crippen molar-refractivity contribution in [1.82, 2.24) is 10.6 Å². The summed E-state index contributed by atoms with van der Waals surface area (Å²) in [6, 6.07) is 6.59. The van der Waals surface area contributed by atoms with Gasteiger partial charge in [-0.05, 0) is 44.7 Å². The van der Waals surface area contributed by atoms with Crippen molar-refractivity contribution < 1.29 is 9.59 Å². The molecule has 0 aliphatic heterocycles. The summed E-state index contributed by atoms with van der Waals surface area (Å²) in [7, 11) is 0. The monoisotopic (exact) mass is 489 g/mol. The molecule has 1 unspecified atom stereocenters. The van der Waals surface area contributed by atoms with Crippen LogP contribution in [0.1, 0.15) is 90.2 Å². The van der Waals surface area contributed by atoms with Crippen LogP contribution in [0.3, 0.4) is 0 Å². The average Bonchev–Trinajstić information content (AvgIpc) is 2.85. The number of hydrogen-bond donors (Lipinski definition) is 5. The lowest BCUT2D eigenvalue weighted by molar-refractivity contribution is -0.128. The maximum absolute atomic E-state index is 12.6. The molecule has 2 amide bonds. The molecular weight excluding hydrogens is 442 g/mol. The minimum absolute atomic E-state index is 0.133. The summed E-state index contributed by atoms with van der Waals surface area (Å²) in [5, 5.41) is 13.4. The van der Waals surface area contributed by atoms with Crippen LogP contribution in [0.4, 0.5) is 0 Å². The summed E-state index contributed by atoms with van der Waals surface area (Å²) in [5.74, 6) is 0.212. The van der Waals surface area contributed by atoms with Crippen LogP contribution in [0, 0.1) is 0 Å². The zero-order chi connectivity index (χ0) is 26.5. The highest BCUT2D eigenvalue weighted by Gasteiger charge is 2.20. The number of nitrogens with two attached hydrogens (primary N) is 3. The van der Waals surface area contributed by atoms with E-state index in [0.29, 0.717) is 30.9 Å². The Balaban J connectivity index is 0.00000562. The van der Waals surface area contributed by atoms with E-state index in [9.17, 15) is 9.59 Å². The molecule has 1 atom stereocenters. The third-order valence-electron chi connectivity index (χ3n) is 5.11. The van der Waals surface area contributed by atoms with Gasteiger partial charge in [0.25, 0.3) is 0 Å². The number of nitrogens with zero attached hydrogens (tertiary/aromatic N) is 2. The Morgan fingerprint density at radius 2 is 1.60 bits per heavy atom. The molecule has 0 aromatic heterocycles.